The van der Waals surface area contributed by atoms with Gasteiger partial charge in [0.25, 0.3) is 0 Å². The number of nitrogens with zero attached hydrogens (tertiary/aromatic N) is 1. The first kappa shape index (κ1) is 9.01. The summed E-state index contributed by atoms with van der Waals surface area (Å²) in [6.45, 7) is 6.42. The molecule has 1 rings (SSSR count). The highest BCUT2D eigenvalue weighted by Gasteiger charge is 2.17. The van der Waals surface area contributed by atoms with E-state index in [1.54, 1.807) is 0 Å². The Morgan fingerprint density at radius 2 is 2.09 bits per heavy atom. The molecule has 0 aromatic carbocycles. The average molecular weight is 157 g/mol. The first-order chi connectivity index (χ1) is 5.20. The van der Waals surface area contributed by atoms with Gasteiger partial charge in [-0.25, -0.2) is 0 Å². The van der Waals surface area contributed by atoms with Crippen molar-refractivity contribution in [1.29, 1.82) is 0 Å². The molecule has 0 spiro atoms. The molecule has 1 atom stereocenters. The third-order valence-electron chi connectivity index (χ3n) is 2.41. The van der Waals surface area contributed by atoms with Crippen molar-refractivity contribution in [1.82, 2.24) is 4.90 Å². The molecule has 0 aliphatic carbocycles. The van der Waals surface area contributed by atoms with Crippen LogP contribution in [0.25, 0.3) is 0 Å². The fourth-order valence-corrected chi connectivity index (χ4v) is 1.62. The van der Waals surface area contributed by atoms with Gasteiger partial charge >= 0.3 is 0 Å². The van der Waals surface area contributed by atoms with E-state index in [-0.39, 0.29) is 6.10 Å². The van der Waals surface area contributed by atoms with Gasteiger partial charge in [-0.05, 0) is 39.7 Å². The molecule has 1 saturated heterocycles. The molecule has 0 aromatic heterocycles. The lowest BCUT2D eigenvalue weighted by atomic mass is 10.2. The zero-order valence-electron chi connectivity index (χ0n) is 7.58. The maximum atomic E-state index is 9.47. The molecule has 2 heteroatoms. The van der Waals surface area contributed by atoms with E-state index >= 15 is 0 Å². The molecular weight excluding hydrogens is 138 g/mol. The van der Waals surface area contributed by atoms with Gasteiger partial charge in [0.05, 0.1) is 6.10 Å². The van der Waals surface area contributed by atoms with Crippen molar-refractivity contribution in [2.45, 2.75) is 45.3 Å². The molecule has 0 bridgehead atoms. The van der Waals surface area contributed by atoms with Gasteiger partial charge in [0.15, 0.2) is 0 Å². The fourth-order valence-electron chi connectivity index (χ4n) is 1.62. The molecule has 1 fully saturated rings. The Morgan fingerprint density at radius 1 is 1.36 bits per heavy atom. The van der Waals surface area contributed by atoms with Gasteiger partial charge in [-0.15, -0.1) is 0 Å². The topological polar surface area (TPSA) is 23.5 Å². The van der Waals surface area contributed by atoms with Crippen molar-refractivity contribution in [3.63, 3.8) is 0 Å². The van der Waals surface area contributed by atoms with Crippen LogP contribution in [0.15, 0.2) is 0 Å². The molecule has 2 nitrogen and oxygen atoms in total. The fraction of sp³-hybridized carbons (Fsp3) is 1.00. The van der Waals surface area contributed by atoms with Gasteiger partial charge in [0, 0.05) is 12.6 Å². The molecule has 0 saturated carbocycles. The number of aliphatic hydroxyl groups is 1. The highest BCUT2D eigenvalue weighted by molar-refractivity contribution is 4.72. The van der Waals surface area contributed by atoms with Crippen LogP contribution in [0.5, 0.6) is 0 Å². The smallest absolute Gasteiger partial charge is 0.0667 e. The van der Waals surface area contributed by atoms with Gasteiger partial charge in [0.2, 0.25) is 0 Å². The van der Waals surface area contributed by atoms with E-state index in [9.17, 15) is 5.11 Å². The third kappa shape index (κ3) is 2.80. The van der Waals surface area contributed by atoms with Gasteiger partial charge in [0.1, 0.15) is 0 Å². The Labute approximate surface area is 69.2 Å². The van der Waals surface area contributed by atoms with E-state index in [1.807, 2.05) is 0 Å². The quantitative estimate of drug-likeness (QED) is 0.619. The van der Waals surface area contributed by atoms with E-state index < -0.39 is 0 Å². The lowest BCUT2D eigenvalue weighted by Gasteiger charge is -2.25. The van der Waals surface area contributed by atoms with Crippen molar-refractivity contribution in [3.05, 3.63) is 0 Å². The monoisotopic (exact) mass is 157 g/mol. The number of aliphatic hydroxyl groups excluding tert-OH is 1. The standard InChI is InChI=1S/C9H19NO/c1-8(2)10-6-4-3-5-9(11)7-10/h8-9,11H,3-7H2,1-2H3/t9-/m0/s1. The second-order valence-corrected chi connectivity index (χ2v) is 3.74. The van der Waals surface area contributed by atoms with E-state index in [1.165, 1.54) is 12.8 Å². The molecule has 1 aliphatic rings. The Balaban J connectivity index is 2.39. The maximum absolute atomic E-state index is 9.47. The first-order valence-corrected chi connectivity index (χ1v) is 4.62. The minimum absolute atomic E-state index is 0.0834. The van der Waals surface area contributed by atoms with E-state index in [2.05, 4.69) is 18.7 Å². The van der Waals surface area contributed by atoms with Crippen LogP contribution >= 0.6 is 0 Å². The lowest BCUT2D eigenvalue weighted by Crippen LogP contribution is -2.36. The van der Waals surface area contributed by atoms with Crippen LogP contribution in [-0.2, 0) is 0 Å². The second-order valence-electron chi connectivity index (χ2n) is 3.74. The van der Waals surface area contributed by atoms with Gasteiger partial charge in [-0.3, -0.25) is 4.90 Å². The van der Waals surface area contributed by atoms with Crippen LogP contribution in [0.2, 0.25) is 0 Å². The van der Waals surface area contributed by atoms with Gasteiger partial charge < -0.3 is 5.11 Å². The predicted octanol–water partition coefficient (Wildman–Crippen LogP) is 1.24. The summed E-state index contributed by atoms with van der Waals surface area (Å²) < 4.78 is 0. The molecule has 1 aliphatic heterocycles. The zero-order valence-corrected chi connectivity index (χ0v) is 7.58. The maximum Gasteiger partial charge on any atom is 0.0667 e. The molecule has 66 valence electrons. The van der Waals surface area contributed by atoms with E-state index in [0.29, 0.717) is 6.04 Å². The SMILES string of the molecule is CC(C)N1CCCC[C@H](O)C1. The number of β-amino-alcohol motifs (C(OH)–C–C–N with tert-alkyl or cyclic N) is 1. The number of hydrogen-bond donors (Lipinski definition) is 1. The highest BCUT2D eigenvalue weighted by Crippen LogP contribution is 2.12. The number of likely N-dealkylation sites (tertiary alicyclic amines) is 1. The molecule has 0 amide bonds. The summed E-state index contributed by atoms with van der Waals surface area (Å²) >= 11 is 0. The largest absolute Gasteiger partial charge is 0.392 e. The zero-order chi connectivity index (χ0) is 8.27. The van der Waals surface area contributed by atoms with Crippen molar-refractivity contribution < 1.29 is 5.11 Å². The van der Waals surface area contributed by atoms with Crippen LogP contribution in [-0.4, -0.2) is 35.2 Å². The number of hydrogen-bond acceptors (Lipinski definition) is 2. The molecular formula is C9H19NO. The van der Waals surface area contributed by atoms with Crippen LogP contribution < -0.4 is 0 Å². The molecule has 0 radical (unpaired) electrons. The Kier molecular flexibility index (Phi) is 3.34. The van der Waals surface area contributed by atoms with Crippen LogP contribution in [0.3, 0.4) is 0 Å². The Hall–Kier alpha value is -0.0800. The summed E-state index contributed by atoms with van der Waals surface area (Å²) in [5.74, 6) is 0. The van der Waals surface area contributed by atoms with E-state index in [4.69, 9.17) is 0 Å². The van der Waals surface area contributed by atoms with Crippen molar-refractivity contribution >= 4 is 0 Å². The van der Waals surface area contributed by atoms with Crippen molar-refractivity contribution in [2.24, 2.45) is 0 Å². The molecule has 0 unspecified atom stereocenters. The third-order valence-corrected chi connectivity index (χ3v) is 2.41. The van der Waals surface area contributed by atoms with Crippen molar-refractivity contribution in [2.75, 3.05) is 13.1 Å². The summed E-state index contributed by atoms with van der Waals surface area (Å²) in [4.78, 5) is 2.36. The molecule has 11 heavy (non-hydrogen) atoms. The van der Waals surface area contributed by atoms with Crippen LogP contribution in [0, 0.1) is 0 Å². The second kappa shape index (κ2) is 4.07. The van der Waals surface area contributed by atoms with Crippen LogP contribution in [0.4, 0.5) is 0 Å². The van der Waals surface area contributed by atoms with E-state index in [0.717, 1.165) is 19.5 Å². The summed E-state index contributed by atoms with van der Waals surface area (Å²) in [6.07, 6.45) is 3.34. The first-order valence-electron chi connectivity index (χ1n) is 4.62. The van der Waals surface area contributed by atoms with Gasteiger partial charge in [-0.1, -0.05) is 0 Å². The Morgan fingerprint density at radius 3 is 2.73 bits per heavy atom. The summed E-state index contributed by atoms with van der Waals surface area (Å²) in [5.41, 5.74) is 0. The summed E-state index contributed by atoms with van der Waals surface area (Å²) in [5, 5.41) is 9.47. The summed E-state index contributed by atoms with van der Waals surface area (Å²) in [6, 6.07) is 0.586. The Bertz CT molecular complexity index is 114. The number of rotatable bonds is 1. The minimum Gasteiger partial charge on any atom is -0.392 e. The lowest BCUT2D eigenvalue weighted by molar-refractivity contribution is 0.106. The highest BCUT2D eigenvalue weighted by atomic mass is 16.3. The summed E-state index contributed by atoms with van der Waals surface area (Å²) in [7, 11) is 0. The molecule has 1 N–H and O–H groups in total. The molecule has 0 aromatic rings. The average Bonchev–Trinajstić information content (AvgIpc) is 2.13. The molecule has 1 heterocycles. The predicted molar refractivity (Wildman–Crippen MR) is 46.6 cm³/mol. The van der Waals surface area contributed by atoms with Crippen LogP contribution in [0.1, 0.15) is 33.1 Å². The normalized spacial score (nSPS) is 28.9. The van der Waals surface area contributed by atoms with Crippen molar-refractivity contribution in [3.8, 4) is 0 Å². The minimum atomic E-state index is -0.0834. The van der Waals surface area contributed by atoms with Gasteiger partial charge in [-0.2, -0.15) is 0 Å².